The zero-order valence-electron chi connectivity index (χ0n) is 15.5. The van der Waals surface area contributed by atoms with Crippen LogP contribution in [0.5, 0.6) is 0 Å². The highest BCUT2D eigenvalue weighted by Crippen LogP contribution is 2.14. The number of amides is 1. The maximum Gasteiger partial charge on any atom is 0.271 e. The van der Waals surface area contributed by atoms with Gasteiger partial charge in [0.2, 0.25) is 0 Å². The van der Waals surface area contributed by atoms with Gasteiger partial charge in [-0.25, -0.2) is 0 Å². The van der Waals surface area contributed by atoms with Crippen molar-refractivity contribution < 1.29 is 4.79 Å². The summed E-state index contributed by atoms with van der Waals surface area (Å²) >= 11 is 0. The lowest BCUT2D eigenvalue weighted by atomic mass is 10.2. The minimum Gasteiger partial charge on any atom is -0.350 e. The largest absolute Gasteiger partial charge is 0.350 e. The van der Waals surface area contributed by atoms with Crippen molar-refractivity contribution >= 4 is 5.91 Å². The lowest BCUT2D eigenvalue weighted by molar-refractivity contribution is 0.0947. The summed E-state index contributed by atoms with van der Waals surface area (Å²) in [4.78, 5) is 24.6. The van der Waals surface area contributed by atoms with Gasteiger partial charge in [-0.15, -0.1) is 10.2 Å². The summed E-state index contributed by atoms with van der Waals surface area (Å²) in [5, 5.41) is 15.6. The molecule has 0 radical (unpaired) electrons. The fourth-order valence-corrected chi connectivity index (χ4v) is 3.40. The maximum atomic E-state index is 12.5. The van der Waals surface area contributed by atoms with Crippen molar-refractivity contribution in [3.8, 4) is 5.69 Å². The summed E-state index contributed by atoms with van der Waals surface area (Å²) in [5.41, 5.74) is 0.533. The van der Waals surface area contributed by atoms with Crippen LogP contribution in [0.25, 0.3) is 5.69 Å². The van der Waals surface area contributed by atoms with Crippen LogP contribution in [0.15, 0.2) is 47.3 Å². The average molecular weight is 378 g/mol. The first-order valence-electron chi connectivity index (χ1n) is 9.57. The number of para-hydroxylation sites is 1. The van der Waals surface area contributed by atoms with Gasteiger partial charge in [0.15, 0.2) is 0 Å². The molecule has 0 saturated heterocycles. The van der Waals surface area contributed by atoms with Crippen LogP contribution >= 0.6 is 0 Å². The van der Waals surface area contributed by atoms with Crippen LogP contribution < -0.4 is 10.9 Å². The molecule has 144 valence electrons. The van der Waals surface area contributed by atoms with E-state index in [0.717, 1.165) is 37.5 Å². The molecule has 0 saturated carbocycles. The minimum atomic E-state index is -0.319. The van der Waals surface area contributed by atoms with Crippen LogP contribution in [0.1, 0.15) is 41.4 Å². The van der Waals surface area contributed by atoms with Gasteiger partial charge in [0, 0.05) is 32.0 Å². The number of hydrogen-bond acceptors (Lipinski definition) is 5. The van der Waals surface area contributed by atoms with E-state index < -0.39 is 0 Å². The highest BCUT2D eigenvalue weighted by Gasteiger charge is 2.15. The number of nitrogens with zero attached hydrogens (tertiary/aromatic N) is 5. The van der Waals surface area contributed by atoms with Crippen LogP contribution in [0, 0.1) is 0 Å². The number of carbonyl (C=O) groups is 1. The van der Waals surface area contributed by atoms with E-state index in [9.17, 15) is 9.59 Å². The van der Waals surface area contributed by atoms with Gasteiger partial charge in [0.1, 0.15) is 17.3 Å². The van der Waals surface area contributed by atoms with Gasteiger partial charge in [-0.05, 0) is 31.0 Å². The molecule has 1 aliphatic rings. The lowest BCUT2D eigenvalue weighted by Gasteiger charge is -2.09. The number of hydrogen-bond donors (Lipinski definition) is 1. The van der Waals surface area contributed by atoms with E-state index in [-0.39, 0.29) is 17.2 Å². The molecule has 0 aliphatic carbocycles. The van der Waals surface area contributed by atoms with Crippen LogP contribution in [-0.4, -0.2) is 37.0 Å². The van der Waals surface area contributed by atoms with Crippen LogP contribution in [-0.2, 0) is 19.4 Å². The van der Waals surface area contributed by atoms with Crippen LogP contribution in [0.4, 0.5) is 0 Å². The Morgan fingerprint density at radius 2 is 1.89 bits per heavy atom. The van der Waals surface area contributed by atoms with E-state index in [4.69, 9.17) is 0 Å². The molecule has 0 bridgehead atoms. The Morgan fingerprint density at radius 3 is 2.75 bits per heavy atom. The van der Waals surface area contributed by atoms with Gasteiger partial charge in [-0.1, -0.05) is 24.6 Å². The summed E-state index contributed by atoms with van der Waals surface area (Å²) in [6.45, 7) is 1.37. The lowest BCUT2D eigenvalue weighted by Crippen LogP contribution is -2.30. The number of aromatic nitrogens is 5. The van der Waals surface area contributed by atoms with Crippen molar-refractivity contribution in [1.82, 2.24) is 29.9 Å². The van der Waals surface area contributed by atoms with Crippen molar-refractivity contribution in [3.05, 3.63) is 70.2 Å². The van der Waals surface area contributed by atoms with Gasteiger partial charge >= 0.3 is 0 Å². The molecule has 0 unspecified atom stereocenters. The van der Waals surface area contributed by atoms with Crippen LogP contribution in [0.3, 0.4) is 0 Å². The molecule has 4 rings (SSSR count). The first-order chi connectivity index (χ1) is 13.7. The maximum absolute atomic E-state index is 12.5. The number of fused-ring (bicyclic) bond motifs is 1. The summed E-state index contributed by atoms with van der Waals surface area (Å²) in [5.74, 6) is 1.62. The van der Waals surface area contributed by atoms with E-state index in [1.54, 1.807) is 12.1 Å². The van der Waals surface area contributed by atoms with Crippen molar-refractivity contribution in [2.24, 2.45) is 0 Å². The molecule has 8 heteroatoms. The van der Waals surface area contributed by atoms with E-state index in [2.05, 4.69) is 25.2 Å². The van der Waals surface area contributed by atoms with E-state index in [1.165, 1.54) is 23.2 Å². The van der Waals surface area contributed by atoms with E-state index in [0.29, 0.717) is 18.7 Å². The third-order valence-electron chi connectivity index (χ3n) is 4.85. The van der Waals surface area contributed by atoms with Crippen molar-refractivity contribution in [2.45, 2.75) is 38.6 Å². The Kier molecular flexibility index (Phi) is 5.27. The van der Waals surface area contributed by atoms with Gasteiger partial charge in [-0.3, -0.25) is 9.59 Å². The summed E-state index contributed by atoms with van der Waals surface area (Å²) in [6.07, 6.45) is 5.07. The Balaban J connectivity index is 1.42. The molecule has 3 heterocycles. The second kappa shape index (κ2) is 8.16. The monoisotopic (exact) mass is 378 g/mol. The van der Waals surface area contributed by atoms with Gasteiger partial charge in [-0.2, -0.15) is 9.78 Å². The molecular weight excluding hydrogens is 356 g/mol. The second-order valence-corrected chi connectivity index (χ2v) is 6.80. The zero-order valence-corrected chi connectivity index (χ0v) is 15.5. The van der Waals surface area contributed by atoms with Crippen molar-refractivity contribution in [3.63, 3.8) is 0 Å². The fourth-order valence-electron chi connectivity index (χ4n) is 3.40. The van der Waals surface area contributed by atoms with E-state index >= 15 is 0 Å². The first kappa shape index (κ1) is 18.1. The van der Waals surface area contributed by atoms with Gasteiger partial charge in [0.25, 0.3) is 11.5 Å². The predicted molar refractivity (Wildman–Crippen MR) is 103 cm³/mol. The Hall–Kier alpha value is -3.29. The van der Waals surface area contributed by atoms with Gasteiger partial charge < -0.3 is 9.88 Å². The molecule has 0 fully saturated rings. The normalized spacial score (nSPS) is 13.6. The Labute approximate surface area is 162 Å². The predicted octanol–water partition coefficient (Wildman–Crippen LogP) is 1.52. The molecule has 28 heavy (non-hydrogen) atoms. The molecule has 8 nitrogen and oxygen atoms in total. The number of benzene rings is 1. The standard InChI is InChI=1S/C20H22N6O2/c27-19-11-10-16(24-26(19)15-7-3-1-4-8-15)20(28)21-13-12-18-23-22-17-9-5-2-6-14-25(17)18/h1,3-4,7-8,10-11H,2,5-6,9,12-14H2,(H,21,28). The summed E-state index contributed by atoms with van der Waals surface area (Å²) in [7, 11) is 0. The summed E-state index contributed by atoms with van der Waals surface area (Å²) < 4.78 is 3.40. The van der Waals surface area contributed by atoms with Crippen molar-refractivity contribution in [1.29, 1.82) is 0 Å². The number of aryl methyl sites for hydroxylation is 1. The highest BCUT2D eigenvalue weighted by molar-refractivity contribution is 5.92. The first-order valence-corrected chi connectivity index (χ1v) is 9.57. The molecule has 1 aliphatic heterocycles. The number of carbonyl (C=O) groups excluding carboxylic acids is 1. The van der Waals surface area contributed by atoms with E-state index in [1.807, 2.05) is 18.2 Å². The highest BCUT2D eigenvalue weighted by atomic mass is 16.2. The van der Waals surface area contributed by atoms with Crippen molar-refractivity contribution in [2.75, 3.05) is 6.54 Å². The Morgan fingerprint density at radius 1 is 1.04 bits per heavy atom. The second-order valence-electron chi connectivity index (χ2n) is 6.80. The summed E-state index contributed by atoms with van der Waals surface area (Å²) in [6, 6.07) is 11.8. The number of nitrogens with one attached hydrogen (secondary N) is 1. The molecule has 1 amide bonds. The smallest absolute Gasteiger partial charge is 0.271 e. The quantitative estimate of drug-likeness (QED) is 0.726. The zero-order chi connectivity index (χ0) is 19.3. The third-order valence-corrected chi connectivity index (χ3v) is 4.85. The molecule has 0 atom stereocenters. The molecule has 2 aromatic heterocycles. The minimum absolute atomic E-state index is 0.198. The van der Waals surface area contributed by atoms with Crippen LogP contribution in [0.2, 0.25) is 0 Å². The topological polar surface area (TPSA) is 94.7 Å². The number of rotatable bonds is 5. The third kappa shape index (κ3) is 3.85. The molecule has 1 aromatic carbocycles. The molecular formula is C20H22N6O2. The Bertz CT molecular complexity index is 1020. The molecule has 1 N–H and O–H groups in total. The average Bonchev–Trinajstić information content (AvgIpc) is 2.95. The van der Waals surface area contributed by atoms with Gasteiger partial charge in [0.05, 0.1) is 5.69 Å². The fraction of sp³-hybridized carbons (Fsp3) is 0.350. The SMILES string of the molecule is O=C(NCCc1nnc2n1CCCCC2)c1ccc(=O)n(-c2ccccc2)n1. The molecule has 0 spiro atoms. The molecule has 3 aromatic rings.